The molecule has 0 saturated carbocycles. The third-order valence-corrected chi connectivity index (χ3v) is 7.02. The van der Waals surface area contributed by atoms with E-state index < -0.39 is 26.3 Å². The first-order valence-electron chi connectivity index (χ1n) is 7.63. The molecule has 2 aromatic rings. The molecule has 1 amide bonds. The highest BCUT2D eigenvalue weighted by Gasteiger charge is 2.43. The van der Waals surface area contributed by atoms with Crippen molar-refractivity contribution in [1.29, 1.82) is 0 Å². The van der Waals surface area contributed by atoms with Gasteiger partial charge in [0.25, 0.3) is 0 Å². The molecule has 136 valence electrons. The Labute approximate surface area is 151 Å². The molecule has 0 saturated heterocycles. The van der Waals surface area contributed by atoms with Crippen molar-refractivity contribution in [2.24, 2.45) is 0 Å². The Balaban J connectivity index is 2.27. The van der Waals surface area contributed by atoms with E-state index in [1.165, 1.54) is 25.2 Å². The Morgan fingerprint density at radius 2 is 1.68 bits per heavy atom. The minimum Gasteiger partial charge on any atom is -0.301 e. The number of nitrogens with zero attached hydrogens (tertiary/aromatic N) is 1. The maximum Gasteiger partial charge on any atom is 0.247 e. The zero-order chi connectivity index (χ0) is 19.0. The Hall–Kier alpha value is -1.80. The van der Waals surface area contributed by atoms with E-state index in [9.17, 15) is 17.6 Å². The molecule has 25 heavy (non-hydrogen) atoms. The number of amides is 1. The molecule has 0 atom stereocenters. The van der Waals surface area contributed by atoms with E-state index in [1.54, 1.807) is 0 Å². The van der Waals surface area contributed by atoms with Crippen LogP contribution in [0.4, 0.5) is 9.52 Å². The number of anilines is 1. The zero-order valence-corrected chi connectivity index (χ0v) is 16.4. The molecule has 1 N–H and O–H groups in total. The third kappa shape index (κ3) is 3.90. The molecule has 8 heteroatoms. The van der Waals surface area contributed by atoms with Gasteiger partial charge in [-0.1, -0.05) is 20.8 Å². The van der Waals surface area contributed by atoms with E-state index in [-0.39, 0.29) is 10.3 Å². The monoisotopic (exact) mass is 384 g/mol. The average Bonchev–Trinajstić information content (AvgIpc) is 2.96. The van der Waals surface area contributed by atoms with E-state index in [1.807, 2.05) is 26.2 Å². The van der Waals surface area contributed by atoms with Crippen LogP contribution in [0, 0.1) is 5.82 Å². The molecule has 0 spiro atoms. The summed E-state index contributed by atoms with van der Waals surface area (Å²) in [6.07, 6.45) is 0. The molecule has 0 aliphatic rings. The number of nitrogens with one attached hydrogen (secondary N) is 1. The van der Waals surface area contributed by atoms with Crippen LogP contribution in [0.3, 0.4) is 0 Å². The third-order valence-electron chi connectivity index (χ3n) is 3.84. The van der Waals surface area contributed by atoms with Crippen molar-refractivity contribution >= 4 is 32.2 Å². The lowest BCUT2D eigenvalue weighted by molar-refractivity contribution is -0.117. The van der Waals surface area contributed by atoms with Crippen molar-refractivity contribution in [3.05, 3.63) is 41.2 Å². The number of halogens is 1. The summed E-state index contributed by atoms with van der Waals surface area (Å²) >= 11 is 1.24. The molecule has 0 bridgehead atoms. The summed E-state index contributed by atoms with van der Waals surface area (Å²) in [5.74, 6) is -1.23. The minimum atomic E-state index is -4.00. The zero-order valence-electron chi connectivity index (χ0n) is 14.8. The normalized spacial score (nSPS) is 12.9. The summed E-state index contributed by atoms with van der Waals surface area (Å²) < 4.78 is 36.8. The molecule has 0 radical (unpaired) electrons. The standard InChI is InChI=1S/C17H21FN2O3S2/c1-16(2,3)13-10-24-15(19-13)20-14(21)17(4,5)25(22,23)12-8-6-11(18)7-9-12/h6-10H,1-5H3,(H,19,20,21). The number of hydrogen-bond donors (Lipinski definition) is 1. The number of sulfone groups is 1. The maximum absolute atomic E-state index is 13.0. The van der Waals surface area contributed by atoms with Gasteiger partial charge in [0.2, 0.25) is 5.91 Å². The number of rotatable bonds is 4. The van der Waals surface area contributed by atoms with Crippen LogP contribution < -0.4 is 5.32 Å². The molecule has 5 nitrogen and oxygen atoms in total. The molecule has 0 fully saturated rings. The molecule has 0 aliphatic carbocycles. The fraction of sp³-hybridized carbons (Fsp3) is 0.412. The van der Waals surface area contributed by atoms with E-state index in [0.29, 0.717) is 5.13 Å². The number of carbonyl (C=O) groups excluding carboxylic acids is 1. The van der Waals surface area contributed by atoms with Crippen LogP contribution in [-0.2, 0) is 20.0 Å². The molecule has 0 unspecified atom stereocenters. The van der Waals surface area contributed by atoms with E-state index in [2.05, 4.69) is 10.3 Å². The smallest absolute Gasteiger partial charge is 0.247 e. The first-order chi connectivity index (χ1) is 11.4. The summed E-state index contributed by atoms with van der Waals surface area (Å²) in [4.78, 5) is 16.8. The highest BCUT2D eigenvalue weighted by molar-refractivity contribution is 7.93. The Kier molecular flexibility index (Phi) is 5.07. The predicted octanol–water partition coefficient (Wildman–Crippen LogP) is 3.77. The van der Waals surface area contributed by atoms with Crippen LogP contribution in [0.25, 0.3) is 0 Å². The Morgan fingerprint density at radius 3 is 2.16 bits per heavy atom. The fourth-order valence-corrected chi connectivity index (χ4v) is 4.26. The number of carbonyl (C=O) groups is 1. The van der Waals surface area contributed by atoms with Gasteiger partial charge in [-0.05, 0) is 38.1 Å². The number of thiazole rings is 1. The van der Waals surface area contributed by atoms with Crippen molar-refractivity contribution in [2.75, 3.05) is 5.32 Å². The minimum absolute atomic E-state index is 0.108. The van der Waals surface area contributed by atoms with Gasteiger partial charge in [-0.15, -0.1) is 11.3 Å². The van der Waals surface area contributed by atoms with Gasteiger partial charge in [0.05, 0.1) is 10.6 Å². The fourth-order valence-electron chi connectivity index (χ4n) is 1.95. The summed E-state index contributed by atoms with van der Waals surface area (Å²) in [7, 11) is -4.00. The van der Waals surface area contributed by atoms with Gasteiger partial charge in [-0.2, -0.15) is 0 Å². The van der Waals surface area contributed by atoms with E-state index in [0.717, 1.165) is 30.0 Å². The topological polar surface area (TPSA) is 76.1 Å². The molecule has 1 heterocycles. The maximum atomic E-state index is 13.0. The Bertz CT molecular complexity index is 879. The highest BCUT2D eigenvalue weighted by Crippen LogP contribution is 2.30. The van der Waals surface area contributed by atoms with Crippen LogP contribution in [0.15, 0.2) is 34.5 Å². The number of aromatic nitrogens is 1. The number of hydrogen-bond acceptors (Lipinski definition) is 5. The second kappa shape index (κ2) is 6.49. The number of benzene rings is 1. The van der Waals surface area contributed by atoms with Crippen molar-refractivity contribution < 1.29 is 17.6 Å². The quantitative estimate of drug-likeness (QED) is 0.814. The van der Waals surface area contributed by atoms with Gasteiger partial charge in [-0.3, -0.25) is 4.79 Å². The van der Waals surface area contributed by atoms with Gasteiger partial charge in [0, 0.05) is 10.8 Å². The second-order valence-electron chi connectivity index (χ2n) is 7.21. The largest absolute Gasteiger partial charge is 0.301 e. The molecule has 1 aromatic heterocycles. The molecular weight excluding hydrogens is 363 g/mol. The van der Waals surface area contributed by atoms with Crippen molar-refractivity contribution in [3.8, 4) is 0 Å². The van der Waals surface area contributed by atoms with Crippen molar-refractivity contribution in [1.82, 2.24) is 4.98 Å². The first kappa shape index (κ1) is 19.5. The highest BCUT2D eigenvalue weighted by atomic mass is 32.2. The summed E-state index contributed by atoms with van der Waals surface area (Å²) in [5.41, 5.74) is 0.641. The van der Waals surface area contributed by atoms with Gasteiger partial charge in [0.1, 0.15) is 10.6 Å². The van der Waals surface area contributed by atoms with Crippen molar-refractivity contribution in [2.45, 2.75) is 49.7 Å². The lowest BCUT2D eigenvalue weighted by Crippen LogP contribution is -2.44. The summed E-state index contributed by atoms with van der Waals surface area (Å²) in [6, 6.07) is 4.41. The van der Waals surface area contributed by atoms with Gasteiger partial charge >= 0.3 is 0 Å². The summed E-state index contributed by atoms with van der Waals surface area (Å²) in [6.45, 7) is 8.63. The first-order valence-corrected chi connectivity index (χ1v) is 9.99. The lowest BCUT2D eigenvalue weighted by Gasteiger charge is -2.23. The van der Waals surface area contributed by atoms with Crippen LogP contribution in [0.2, 0.25) is 0 Å². The SMILES string of the molecule is CC(C)(C)c1csc(NC(=O)C(C)(C)S(=O)(=O)c2ccc(F)cc2)n1. The molecule has 0 aliphatic heterocycles. The molecule has 1 aromatic carbocycles. The van der Waals surface area contributed by atoms with Gasteiger partial charge < -0.3 is 5.32 Å². The van der Waals surface area contributed by atoms with E-state index in [4.69, 9.17) is 0 Å². The van der Waals surface area contributed by atoms with Gasteiger partial charge in [-0.25, -0.2) is 17.8 Å². The van der Waals surface area contributed by atoms with Crippen LogP contribution >= 0.6 is 11.3 Å². The average molecular weight is 384 g/mol. The second-order valence-corrected chi connectivity index (χ2v) is 10.6. The molecule has 2 rings (SSSR count). The molecular formula is C17H21FN2O3S2. The van der Waals surface area contributed by atoms with Crippen LogP contribution in [0.5, 0.6) is 0 Å². The van der Waals surface area contributed by atoms with Crippen LogP contribution in [0.1, 0.15) is 40.3 Å². The predicted molar refractivity (Wildman–Crippen MR) is 97.1 cm³/mol. The lowest BCUT2D eigenvalue weighted by atomic mass is 9.93. The Morgan fingerprint density at radius 1 is 1.12 bits per heavy atom. The van der Waals surface area contributed by atoms with Crippen LogP contribution in [-0.4, -0.2) is 24.1 Å². The summed E-state index contributed by atoms with van der Waals surface area (Å²) in [5, 5.41) is 4.75. The van der Waals surface area contributed by atoms with Crippen molar-refractivity contribution in [3.63, 3.8) is 0 Å². The van der Waals surface area contributed by atoms with E-state index >= 15 is 0 Å². The van der Waals surface area contributed by atoms with Gasteiger partial charge in [0.15, 0.2) is 15.0 Å².